The van der Waals surface area contributed by atoms with Gasteiger partial charge >= 0.3 is 0 Å². The highest BCUT2D eigenvalue weighted by atomic mass is 32.2. The quantitative estimate of drug-likeness (QED) is 0.506. The maximum absolute atomic E-state index is 13.4. The van der Waals surface area contributed by atoms with Gasteiger partial charge in [0.05, 0.1) is 18.4 Å². The van der Waals surface area contributed by atoms with Gasteiger partial charge in [0, 0.05) is 22.8 Å². The number of thiophene rings is 1. The molecule has 1 aliphatic heterocycles. The smallest absolute Gasteiger partial charge is 0.245 e. The van der Waals surface area contributed by atoms with Gasteiger partial charge in [0.25, 0.3) is 0 Å². The molecule has 1 unspecified atom stereocenters. The minimum atomic E-state index is -3.92. The second-order valence-electron chi connectivity index (χ2n) is 7.47. The number of nitrogens with zero attached hydrogens (tertiary/aromatic N) is 1. The first-order valence-electron chi connectivity index (χ1n) is 9.26. The van der Waals surface area contributed by atoms with Crippen molar-refractivity contribution in [2.24, 2.45) is 0 Å². The highest BCUT2D eigenvalue weighted by Crippen LogP contribution is 2.45. The Balaban J connectivity index is 2.10. The second kappa shape index (κ2) is 8.39. The molecule has 1 aromatic carbocycles. The molecule has 1 aliphatic rings. The van der Waals surface area contributed by atoms with Gasteiger partial charge in [-0.3, -0.25) is 10.0 Å². The first kappa shape index (κ1) is 22.9. The summed E-state index contributed by atoms with van der Waals surface area (Å²) in [6.45, 7) is 1.77. The number of sulfonamides is 1. The van der Waals surface area contributed by atoms with Crippen LogP contribution in [-0.2, 0) is 29.4 Å². The van der Waals surface area contributed by atoms with Crippen molar-refractivity contribution in [1.82, 2.24) is 9.79 Å². The summed E-state index contributed by atoms with van der Waals surface area (Å²) in [5, 5.41) is 9.06. The van der Waals surface area contributed by atoms with Crippen LogP contribution in [0, 0.1) is 6.92 Å². The fourth-order valence-corrected chi connectivity index (χ4v) is 8.21. The van der Waals surface area contributed by atoms with E-state index in [0.29, 0.717) is 4.88 Å². The van der Waals surface area contributed by atoms with Crippen molar-refractivity contribution in [2.75, 3.05) is 25.1 Å². The van der Waals surface area contributed by atoms with Gasteiger partial charge in [-0.05, 0) is 31.0 Å². The molecule has 0 saturated carbocycles. The summed E-state index contributed by atoms with van der Waals surface area (Å²) in [6, 6.07) is 11.3. The number of hydrogen-bond acceptors (Lipinski definition) is 7. The van der Waals surface area contributed by atoms with E-state index in [9.17, 15) is 21.6 Å². The lowest BCUT2D eigenvalue weighted by Gasteiger charge is -2.30. The fraction of sp³-hybridized carbons (Fsp3) is 0.421. The number of hydrogen-bond donors (Lipinski definition) is 2. The predicted molar refractivity (Wildman–Crippen MR) is 116 cm³/mol. The molecule has 30 heavy (non-hydrogen) atoms. The molecule has 0 radical (unpaired) electrons. The molecule has 1 fully saturated rings. The summed E-state index contributed by atoms with van der Waals surface area (Å²) in [7, 11) is -7.50. The van der Waals surface area contributed by atoms with Gasteiger partial charge in [-0.1, -0.05) is 29.8 Å². The molecule has 164 valence electrons. The molecule has 2 aromatic rings. The van der Waals surface area contributed by atoms with Crippen LogP contribution in [0.5, 0.6) is 0 Å². The molecule has 8 nitrogen and oxygen atoms in total. The molecule has 1 aromatic heterocycles. The number of amides is 1. The minimum absolute atomic E-state index is 0.0332. The van der Waals surface area contributed by atoms with Gasteiger partial charge in [0.15, 0.2) is 9.84 Å². The van der Waals surface area contributed by atoms with Crippen LogP contribution in [0.15, 0.2) is 36.4 Å². The van der Waals surface area contributed by atoms with Crippen LogP contribution in [0.2, 0.25) is 0 Å². The van der Waals surface area contributed by atoms with Crippen LogP contribution in [-0.4, -0.2) is 57.4 Å². The van der Waals surface area contributed by atoms with Crippen LogP contribution in [0.4, 0.5) is 0 Å². The highest BCUT2D eigenvalue weighted by Gasteiger charge is 2.50. The van der Waals surface area contributed by atoms with Gasteiger partial charge in [-0.25, -0.2) is 26.6 Å². The highest BCUT2D eigenvalue weighted by molar-refractivity contribution is 7.92. The third kappa shape index (κ3) is 4.45. The summed E-state index contributed by atoms with van der Waals surface area (Å²) in [5.74, 6) is -1.24. The van der Waals surface area contributed by atoms with E-state index in [4.69, 9.17) is 5.21 Å². The van der Waals surface area contributed by atoms with Crippen molar-refractivity contribution in [1.29, 1.82) is 0 Å². The zero-order valence-electron chi connectivity index (χ0n) is 16.7. The van der Waals surface area contributed by atoms with Crippen LogP contribution in [0.3, 0.4) is 0 Å². The summed E-state index contributed by atoms with van der Waals surface area (Å²) in [4.78, 5) is 13.4. The Kier molecular flexibility index (Phi) is 6.40. The zero-order chi connectivity index (χ0) is 22.2. The van der Waals surface area contributed by atoms with E-state index >= 15 is 0 Å². The normalized spacial score (nSPS) is 22.4. The Morgan fingerprint density at radius 1 is 1.20 bits per heavy atom. The molecule has 1 atom stereocenters. The molecular weight excluding hydrogens is 448 g/mol. The van der Waals surface area contributed by atoms with Gasteiger partial charge in [0.1, 0.15) is 4.75 Å². The van der Waals surface area contributed by atoms with Crippen LogP contribution in [0.25, 0.3) is 10.4 Å². The van der Waals surface area contributed by atoms with Gasteiger partial charge < -0.3 is 0 Å². The second-order valence-corrected chi connectivity index (χ2v) is 13.0. The predicted octanol–water partition coefficient (Wildman–Crippen LogP) is 1.89. The van der Waals surface area contributed by atoms with Crippen molar-refractivity contribution >= 4 is 37.1 Å². The number of hydroxylamine groups is 1. The number of carbonyl (C=O) groups excluding carboxylic acids is 1. The molecule has 0 bridgehead atoms. The molecule has 11 heteroatoms. The van der Waals surface area contributed by atoms with Crippen LogP contribution < -0.4 is 5.48 Å². The Hall–Kier alpha value is -1.79. The number of aryl methyl sites for hydroxylation is 1. The molecule has 2 heterocycles. The molecule has 0 spiro atoms. The van der Waals surface area contributed by atoms with E-state index in [0.717, 1.165) is 26.6 Å². The van der Waals surface area contributed by atoms with Gasteiger partial charge in [-0.2, -0.15) is 0 Å². The Morgan fingerprint density at radius 3 is 2.47 bits per heavy atom. The van der Waals surface area contributed by atoms with Crippen molar-refractivity contribution in [2.45, 2.75) is 24.5 Å². The lowest BCUT2D eigenvalue weighted by atomic mass is 9.97. The Morgan fingerprint density at radius 2 is 1.87 bits per heavy atom. The third-order valence-corrected chi connectivity index (χ3v) is 10.7. The standard InChI is InChI=1S/C19H24N2O6S3/c1-14-3-5-15(6-4-14)16-7-8-17(28-16)19(13-18(22)20-23)9-10-21(29(2,24)25)11-12-30(19,26)27/h3-8,23H,9-13H2,1-2H3,(H,20,22). The molecular formula is C19H24N2O6S3. The zero-order valence-corrected chi connectivity index (χ0v) is 19.1. The lowest BCUT2D eigenvalue weighted by Crippen LogP contribution is -2.41. The average Bonchev–Trinajstić information content (AvgIpc) is 3.11. The maximum atomic E-state index is 13.4. The van der Waals surface area contributed by atoms with Crippen molar-refractivity contribution in [3.05, 3.63) is 46.8 Å². The average molecular weight is 473 g/mol. The van der Waals surface area contributed by atoms with Gasteiger partial charge in [-0.15, -0.1) is 11.3 Å². The number of nitrogens with one attached hydrogen (secondary N) is 1. The number of sulfone groups is 1. The number of carbonyl (C=O) groups is 1. The van der Waals surface area contributed by atoms with Crippen LogP contribution in [0.1, 0.15) is 23.3 Å². The van der Waals surface area contributed by atoms with E-state index in [1.54, 1.807) is 12.1 Å². The van der Waals surface area contributed by atoms with E-state index in [-0.39, 0.29) is 19.5 Å². The van der Waals surface area contributed by atoms with E-state index < -0.39 is 42.7 Å². The number of rotatable bonds is 5. The monoisotopic (exact) mass is 472 g/mol. The van der Waals surface area contributed by atoms with Crippen molar-refractivity contribution < 1.29 is 26.8 Å². The largest absolute Gasteiger partial charge is 0.289 e. The maximum Gasteiger partial charge on any atom is 0.245 e. The SMILES string of the molecule is Cc1ccc(-c2ccc(C3(CC(=O)NO)CCN(S(C)(=O)=O)CCS3(=O)=O)s2)cc1. The Labute approximate surface area is 180 Å². The fourth-order valence-electron chi connectivity index (χ4n) is 3.64. The van der Waals surface area contributed by atoms with Crippen LogP contribution >= 0.6 is 11.3 Å². The summed E-state index contributed by atoms with van der Waals surface area (Å²) >= 11 is 1.26. The first-order chi connectivity index (χ1) is 14.0. The summed E-state index contributed by atoms with van der Waals surface area (Å²) < 4.78 is 50.2. The third-order valence-electron chi connectivity index (χ3n) is 5.40. The van der Waals surface area contributed by atoms with E-state index in [1.807, 2.05) is 31.2 Å². The summed E-state index contributed by atoms with van der Waals surface area (Å²) in [5.41, 5.74) is 3.54. The Bertz CT molecular complexity index is 1140. The molecule has 0 aliphatic carbocycles. The van der Waals surface area contributed by atoms with Crippen molar-refractivity contribution in [3.63, 3.8) is 0 Å². The van der Waals surface area contributed by atoms with Crippen molar-refractivity contribution in [3.8, 4) is 10.4 Å². The molecule has 1 amide bonds. The number of benzene rings is 1. The van der Waals surface area contributed by atoms with E-state index in [2.05, 4.69) is 0 Å². The first-order valence-corrected chi connectivity index (χ1v) is 13.6. The minimum Gasteiger partial charge on any atom is -0.289 e. The topological polar surface area (TPSA) is 121 Å². The van der Waals surface area contributed by atoms with E-state index in [1.165, 1.54) is 16.8 Å². The van der Waals surface area contributed by atoms with Gasteiger partial charge in [0.2, 0.25) is 15.9 Å². The molecule has 3 rings (SSSR count). The summed E-state index contributed by atoms with van der Waals surface area (Å²) in [6.07, 6.45) is 0.467. The molecule has 2 N–H and O–H groups in total. The lowest BCUT2D eigenvalue weighted by molar-refractivity contribution is -0.129. The molecule has 1 saturated heterocycles.